The number of thioether (sulfide) groups is 1. The van der Waals surface area contributed by atoms with Crippen LogP contribution in [0, 0.1) is 5.41 Å². The van der Waals surface area contributed by atoms with Gasteiger partial charge in [-0.2, -0.15) is 0 Å². The summed E-state index contributed by atoms with van der Waals surface area (Å²) in [5.41, 5.74) is 1.71. The number of para-hydroxylation sites is 1. The van der Waals surface area contributed by atoms with E-state index in [1.165, 1.54) is 27.6 Å². The average Bonchev–Trinajstić information content (AvgIpc) is 2.98. The molecule has 1 aliphatic rings. The zero-order chi connectivity index (χ0) is 11.0. The van der Waals surface area contributed by atoms with Crippen LogP contribution in [0.15, 0.2) is 28.6 Å². The molecule has 84 valence electrons. The Bertz CT molecular complexity index is 471. The minimum Gasteiger partial charge on any atom is -0.230 e. The molecule has 1 nitrogen and oxygen atoms in total. The van der Waals surface area contributed by atoms with Crippen molar-refractivity contribution < 1.29 is 0 Å². The van der Waals surface area contributed by atoms with Crippen LogP contribution in [0.2, 0.25) is 0 Å². The molecule has 1 aliphatic carbocycles. The van der Waals surface area contributed by atoms with Crippen LogP contribution in [0.4, 0.5) is 0 Å². The molecule has 0 unspecified atom stereocenters. The first-order valence-corrected chi connectivity index (χ1v) is 8.28. The Labute approximate surface area is 112 Å². The fraction of sp³-hybridized carbons (Fsp3) is 0.417. The van der Waals surface area contributed by atoms with Crippen LogP contribution >= 0.6 is 39.0 Å². The highest BCUT2D eigenvalue weighted by Crippen LogP contribution is 2.50. The zero-order valence-corrected chi connectivity index (χ0v) is 12.0. The normalized spacial score (nSPS) is 17.8. The van der Waals surface area contributed by atoms with Gasteiger partial charge in [-0.15, -0.1) is 11.3 Å². The van der Waals surface area contributed by atoms with Crippen molar-refractivity contribution >= 4 is 49.2 Å². The molecule has 0 bridgehead atoms. The third-order valence-corrected chi connectivity index (χ3v) is 6.74. The van der Waals surface area contributed by atoms with Gasteiger partial charge in [0, 0.05) is 11.1 Å². The van der Waals surface area contributed by atoms with E-state index in [0.717, 1.165) is 10.8 Å². The predicted molar refractivity (Wildman–Crippen MR) is 75.8 cm³/mol. The molecule has 3 rings (SSSR count). The Morgan fingerprint density at radius 1 is 1.38 bits per heavy atom. The lowest BCUT2D eigenvalue weighted by Gasteiger charge is -2.07. The molecule has 1 aromatic carbocycles. The molecule has 0 aliphatic heterocycles. The number of benzene rings is 1. The number of hydrogen-bond acceptors (Lipinski definition) is 3. The summed E-state index contributed by atoms with van der Waals surface area (Å²) in [6.07, 6.45) is 2.74. The monoisotopic (exact) mass is 313 g/mol. The van der Waals surface area contributed by atoms with E-state index in [9.17, 15) is 0 Å². The van der Waals surface area contributed by atoms with E-state index in [4.69, 9.17) is 0 Å². The first-order valence-electron chi connectivity index (χ1n) is 5.36. The van der Waals surface area contributed by atoms with Crippen LogP contribution in [-0.4, -0.2) is 16.1 Å². The number of fused-ring (bicyclic) bond motifs is 1. The van der Waals surface area contributed by atoms with E-state index in [1.54, 1.807) is 0 Å². The number of halogens is 1. The van der Waals surface area contributed by atoms with Gasteiger partial charge in [-0.3, -0.25) is 0 Å². The Morgan fingerprint density at radius 3 is 2.88 bits per heavy atom. The molecule has 0 spiro atoms. The Balaban J connectivity index is 1.74. The molecule has 0 atom stereocenters. The van der Waals surface area contributed by atoms with E-state index in [1.807, 2.05) is 23.1 Å². The lowest BCUT2D eigenvalue weighted by atomic mass is 10.2. The van der Waals surface area contributed by atoms with Crippen molar-refractivity contribution in [1.29, 1.82) is 0 Å². The van der Waals surface area contributed by atoms with Crippen molar-refractivity contribution in [3.63, 3.8) is 0 Å². The number of hydrogen-bond donors (Lipinski definition) is 0. The second-order valence-electron chi connectivity index (χ2n) is 4.37. The quantitative estimate of drug-likeness (QED) is 0.606. The maximum Gasteiger partial charge on any atom is 0.151 e. The van der Waals surface area contributed by atoms with Crippen molar-refractivity contribution in [1.82, 2.24) is 4.98 Å². The number of thiazole rings is 1. The highest BCUT2D eigenvalue weighted by molar-refractivity contribution is 9.09. The van der Waals surface area contributed by atoms with Gasteiger partial charge in [0.1, 0.15) is 0 Å². The molecule has 1 fully saturated rings. The summed E-state index contributed by atoms with van der Waals surface area (Å²) in [5, 5.41) is 1.14. The Kier molecular flexibility index (Phi) is 2.98. The highest BCUT2D eigenvalue weighted by atomic mass is 79.9. The van der Waals surface area contributed by atoms with E-state index in [0.29, 0.717) is 5.41 Å². The van der Waals surface area contributed by atoms with Gasteiger partial charge >= 0.3 is 0 Å². The Morgan fingerprint density at radius 2 is 2.19 bits per heavy atom. The van der Waals surface area contributed by atoms with E-state index in [2.05, 4.69) is 45.2 Å². The lowest BCUT2D eigenvalue weighted by molar-refractivity contribution is 0.686. The predicted octanol–water partition coefficient (Wildman–Crippen LogP) is 4.56. The fourth-order valence-electron chi connectivity index (χ4n) is 1.62. The summed E-state index contributed by atoms with van der Waals surface area (Å²) in [6, 6.07) is 8.37. The summed E-state index contributed by atoms with van der Waals surface area (Å²) in [6.45, 7) is 0. The second kappa shape index (κ2) is 4.31. The molecule has 2 aromatic rings. The molecule has 16 heavy (non-hydrogen) atoms. The van der Waals surface area contributed by atoms with Crippen LogP contribution < -0.4 is 0 Å². The highest BCUT2D eigenvalue weighted by Gasteiger charge is 2.41. The summed E-state index contributed by atoms with van der Waals surface area (Å²) < 4.78 is 2.52. The van der Waals surface area contributed by atoms with Gasteiger partial charge in [-0.1, -0.05) is 39.8 Å². The molecule has 4 heteroatoms. The topological polar surface area (TPSA) is 12.9 Å². The first-order chi connectivity index (χ1) is 7.81. The van der Waals surface area contributed by atoms with Gasteiger partial charge in [-0.25, -0.2) is 4.98 Å². The summed E-state index contributed by atoms with van der Waals surface area (Å²) in [7, 11) is 0. The maximum absolute atomic E-state index is 4.64. The minimum absolute atomic E-state index is 0.572. The smallest absolute Gasteiger partial charge is 0.151 e. The van der Waals surface area contributed by atoms with Gasteiger partial charge in [0.2, 0.25) is 0 Å². The molecule has 0 saturated heterocycles. The van der Waals surface area contributed by atoms with Gasteiger partial charge in [-0.05, 0) is 30.4 Å². The molecule has 1 heterocycles. The molecular formula is C12H12BrNS2. The lowest BCUT2D eigenvalue weighted by Crippen LogP contribution is -2.04. The van der Waals surface area contributed by atoms with Crippen molar-refractivity contribution in [2.24, 2.45) is 5.41 Å². The number of aromatic nitrogens is 1. The van der Waals surface area contributed by atoms with E-state index in [-0.39, 0.29) is 0 Å². The maximum atomic E-state index is 4.64. The van der Waals surface area contributed by atoms with Crippen LogP contribution in [0.3, 0.4) is 0 Å². The molecule has 1 aromatic heterocycles. The third kappa shape index (κ3) is 2.15. The van der Waals surface area contributed by atoms with Gasteiger partial charge in [0.25, 0.3) is 0 Å². The van der Waals surface area contributed by atoms with Crippen LogP contribution in [0.5, 0.6) is 0 Å². The van der Waals surface area contributed by atoms with Crippen molar-refractivity contribution in [2.75, 3.05) is 11.1 Å². The van der Waals surface area contributed by atoms with Gasteiger partial charge in [0.15, 0.2) is 4.34 Å². The average molecular weight is 314 g/mol. The minimum atomic E-state index is 0.572. The van der Waals surface area contributed by atoms with Crippen molar-refractivity contribution in [2.45, 2.75) is 17.2 Å². The number of rotatable bonds is 4. The van der Waals surface area contributed by atoms with E-state index >= 15 is 0 Å². The van der Waals surface area contributed by atoms with Gasteiger partial charge < -0.3 is 0 Å². The standard InChI is InChI=1S/C12H12BrNS2/c13-7-12(5-6-12)8-15-11-14-9-3-1-2-4-10(9)16-11/h1-4H,5-8H2. The molecule has 0 amide bonds. The summed E-state index contributed by atoms with van der Waals surface area (Å²) >= 11 is 7.34. The Hall–Kier alpha value is -0.0600. The van der Waals surface area contributed by atoms with Gasteiger partial charge in [0.05, 0.1) is 10.2 Å². The second-order valence-corrected chi connectivity index (χ2v) is 7.18. The van der Waals surface area contributed by atoms with Crippen molar-refractivity contribution in [3.05, 3.63) is 24.3 Å². The SMILES string of the molecule is BrCC1(CSc2nc3ccccc3s2)CC1. The van der Waals surface area contributed by atoms with Crippen LogP contribution in [0.1, 0.15) is 12.8 Å². The molecule has 0 radical (unpaired) electrons. The molecule has 0 N–H and O–H groups in total. The zero-order valence-electron chi connectivity index (χ0n) is 8.78. The van der Waals surface area contributed by atoms with Crippen LogP contribution in [-0.2, 0) is 0 Å². The summed E-state index contributed by atoms with van der Waals surface area (Å²) in [4.78, 5) is 4.64. The van der Waals surface area contributed by atoms with Crippen molar-refractivity contribution in [3.8, 4) is 0 Å². The third-order valence-electron chi connectivity index (χ3n) is 3.02. The number of nitrogens with zero attached hydrogens (tertiary/aromatic N) is 1. The molecule has 1 saturated carbocycles. The van der Waals surface area contributed by atoms with E-state index < -0.39 is 0 Å². The molecular weight excluding hydrogens is 302 g/mol. The summed E-state index contributed by atoms with van der Waals surface area (Å²) in [5.74, 6) is 1.21. The fourth-order valence-corrected chi connectivity index (χ4v) is 5.00. The largest absolute Gasteiger partial charge is 0.230 e. The van der Waals surface area contributed by atoms with Crippen LogP contribution in [0.25, 0.3) is 10.2 Å². The first kappa shape index (κ1) is 11.1. The number of alkyl halides is 1.